The predicted octanol–water partition coefficient (Wildman–Crippen LogP) is 3.90. The van der Waals surface area contributed by atoms with Crippen molar-refractivity contribution >= 4 is 28.6 Å². The van der Waals surface area contributed by atoms with Crippen molar-refractivity contribution in [1.82, 2.24) is 15.0 Å². The first kappa shape index (κ1) is 13.9. The highest BCUT2D eigenvalue weighted by Crippen LogP contribution is 2.31. The van der Waals surface area contributed by atoms with Crippen LogP contribution in [0.2, 0.25) is 0 Å². The number of benzene rings is 1. The Bertz CT molecular complexity index is 756. The molecule has 0 aliphatic carbocycles. The number of para-hydroxylation sites is 1. The molecule has 0 fully saturated rings. The van der Waals surface area contributed by atoms with Crippen LogP contribution in [-0.4, -0.2) is 21.5 Å². The Hall–Kier alpha value is -2.08. The van der Waals surface area contributed by atoms with E-state index in [-0.39, 0.29) is 0 Å². The zero-order valence-electron chi connectivity index (χ0n) is 12.0. The van der Waals surface area contributed by atoms with E-state index in [2.05, 4.69) is 27.2 Å². The first-order chi connectivity index (χ1) is 10.3. The van der Waals surface area contributed by atoms with Gasteiger partial charge < -0.3 is 9.73 Å². The van der Waals surface area contributed by atoms with E-state index in [0.717, 1.165) is 34.6 Å². The summed E-state index contributed by atoms with van der Waals surface area (Å²) in [6.07, 6.45) is 2.67. The van der Waals surface area contributed by atoms with E-state index in [1.807, 2.05) is 31.2 Å². The minimum absolute atomic E-state index is 0.595. The molecule has 3 rings (SSSR count). The maximum Gasteiger partial charge on any atom is 0.262 e. The van der Waals surface area contributed by atoms with Crippen molar-refractivity contribution in [2.24, 2.45) is 0 Å². The molecular formula is C15H16N4OS. The second kappa shape index (κ2) is 6.13. The van der Waals surface area contributed by atoms with Gasteiger partial charge in [-0.2, -0.15) is 0 Å². The molecule has 0 unspecified atom stereocenters. The van der Waals surface area contributed by atoms with Gasteiger partial charge in [0, 0.05) is 11.9 Å². The summed E-state index contributed by atoms with van der Waals surface area (Å²) in [5.41, 5.74) is 1.78. The van der Waals surface area contributed by atoms with Gasteiger partial charge in [0.1, 0.15) is 11.3 Å². The van der Waals surface area contributed by atoms with Gasteiger partial charge in [0.25, 0.3) is 5.22 Å². The fourth-order valence-electron chi connectivity index (χ4n) is 1.90. The Balaban J connectivity index is 2.01. The molecule has 0 spiro atoms. The molecule has 6 heteroatoms. The van der Waals surface area contributed by atoms with Crippen LogP contribution in [-0.2, 0) is 0 Å². The topological polar surface area (TPSA) is 63.8 Å². The summed E-state index contributed by atoms with van der Waals surface area (Å²) in [4.78, 5) is 13.4. The minimum Gasteiger partial charge on any atom is -0.439 e. The van der Waals surface area contributed by atoms with E-state index in [4.69, 9.17) is 4.42 Å². The Labute approximate surface area is 127 Å². The van der Waals surface area contributed by atoms with Crippen LogP contribution in [0, 0.1) is 6.92 Å². The van der Waals surface area contributed by atoms with Crippen LogP contribution in [0.1, 0.15) is 19.0 Å². The Morgan fingerprint density at radius 2 is 2.05 bits per heavy atom. The molecule has 3 aromatic rings. The van der Waals surface area contributed by atoms with Crippen molar-refractivity contribution in [2.75, 3.05) is 11.9 Å². The molecule has 2 aromatic heterocycles. The third-order valence-electron chi connectivity index (χ3n) is 2.88. The number of nitrogens with one attached hydrogen (secondary N) is 1. The maximum absolute atomic E-state index is 5.41. The molecule has 2 heterocycles. The Morgan fingerprint density at radius 3 is 2.81 bits per heavy atom. The highest BCUT2D eigenvalue weighted by atomic mass is 32.2. The highest BCUT2D eigenvalue weighted by Gasteiger charge is 2.11. The lowest BCUT2D eigenvalue weighted by Gasteiger charge is -2.08. The van der Waals surface area contributed by atoms with Crippen molar-refractivity contribution in [1.29, 1.82) is 0 Å². The van der Waals surface area contributed by atoms with Crippen LogP contribution in [0.15, 0.2) is 45.2 Å². The SMILES string of the molecule is CCCNc1nc(Sc2nc(C)co2)c2ccccc2n1. The standard InChI is InChI=1S/C15H16N4OS/c1-3-8-16-14-18-12-7-5-4-6-11(12)13(19-14)21-15-17-10(2)9-20-15/h4-7,9H,3,8H2,1-2H3,(H,16,18,19). The first-order valence-corrected chi connectivity index (χ1v) is 7.68. The molecule has 1 aromatic carbocycles. The van der Waals surface area contributed by atoms with Gasteiger partial charge in [0.05, 0.1) is 11.2 Å². The van der Waals surface area contributed by atoms with Crippen LogP contribution in [0.25, 0.3) is 10.9 Å². The van der Waals surface area contributed by atoms with Crippen LogP contribution >= 0.6 is 11.8 Å². The molecule has 1 N–H and O–H groups in total. The number of rotatable bonds is 5. The molecule has 0 aliphatic rings. The van der Waals surface area contributed by atoms with Crippen molar-refractivity contribution in [3.05, 3.63) is 36.2 Å². The molecule has 0 radical (unpaired) electrons. The van der Waals surface area contributed by atoms with Crippen LogP contribution < -0.4 is 5.32 Å². The molecule has 0 bridgehead atoms. The quantitative estimate of drug-likeness (QED) is 0.721. The predicted molar refractivity (Wildman–Crippen MR) is 83.7 cm³/mol. The van der Waals surface area contributed by atoms with E-state index in [1.165, 1.54) is 11.8 Å². The van der Waals surface area contributed by atoms with Gasteiger partial charge in [-0.15, -0.1) is 0 Å². The van der Waals surface area contributed by atoms with Gasteiger partial charge in [-0.25, -0.2) is 15.0 Å². The lowest BCUT2D eigenvalue weighted by molar-refractivity contribution is 0.454. The third-order valence-corrected chi connectivity index (χ3v) is 3.75. The molecular weight excluding hydrogens is 284 g/mol. The van der Waals surface area contributed by atoms with Crippen LogP contribution in [0.4, 0.5) is 5.95 Å². The van der Waals surface area contributed by atoms with Gasteiger partial charge in [0.15, 0.2) is 0 Å². The first-order valence-electron chi connectivity index (χ1n) is 6.87. The van der Waals surface area contributed by atoms with Crippen molar-refractivity contribution < 1.29 is 4.42 Å². The molecule has 0 saturated heterocycles. The van der Waals surface area contributed by atoms with E-state index >= 15 is 0 Å². The monoisotopic (exact) mass is 300 g/mol. The number of oxazole rings is 1. The number of fused-ring (bicyclic) bond motifs is 1. The smallest absolute Gasteiger partial charge is 0.262 e. The number of hydrogen-bond acceptors (Lipinski definition) is 6. The number of aromatic nitrogens is 3. The van der Waals surface area contributed by atoms with Gasteiger partial charge in [-0.1, -0.05) is 25.1 Å². The fraction of sp³-hybridized carbons (Fsp3) is 0.267. The molecule has 108 valence electrons. The second-order valence-electron chi connectivity index (χ2n) is 4.65. The summed E-state index contributed by atoms with van der Waals surface area (Å²) in [6, 6.07) is 7.95. The van der Waals surface area contributed by atoms with E-state index in [0.29, 0.717) is 11.2 Å². The van der Waals surface area contributed by atoms with Gasteiger partial charge in [-0.3, -0.25) is 0 Å². The average Bonchev–Trinajstić information content (AvgIpc) is 2.90. The Kier molecular flexibility index (Phi) is 4.06. The molecule has 0 amide bonds. The third kappa shape index (κ3) is 3.16. The van der Waals surface area contributed by atoms with Crippen LogP contribution in [0.3, 0.4) is 0 Å². The molecule has 0 saturated carbocycles. The van der Waals surface area contributed by atoms with Crippen molar-refractivity contribution in [3.8, 4) is 0 Å². The van der Waals surface area contributed by atoms with Gasteiger partial charge >= 0.3 is 0 Å². The van der Waals surface area contributed by atoms with Gasteiger partial charge in [-0.05, 0) is 31.2 Å². The van der Waals surface area contributed by atoms with E-state index in [1.54, 1.807) is 6.26 Å². The molecule has 21 heavy (non-hydrogen) atoms. The van der Waals surface area contributed by atoms with E-state index < -0.39 is 0 Å². The highest BCUT2D eigenvalue weighted by molar-refractivity contribution is 7.99. The number of aryl methyl sites for hydroxylation is 1. The molecule has 5 nitrogen and oxygen atoms in total. The van der Waals surface area contributed by atoms with Crippen molar-refractivity contribution in [2.45, 2.75) is 30.5 Å². The largest absolute Gasteiger partial charge is 0.439 e. The molecule has 0 aliphatic heterocycles. The zero-order valence-corrected chi connectivity index (χ0v) is 12.8. The Morgan fingerprint density at radius 1 is 1.19 bits per heavy atom. The average molecular weight is 300 g/mol. The summed E-state index contributed by atoms with van der Waals surface area (Å²) < 4.78 is 5.41. The number of hydrogen-bond donors (Lipinski definition) is 1. The number of nitrogens with zero attached hydrogens (tertiary/aromatic N) is 3. The summed E-state index contributed by atoms with van der Waals surface area (Å²) in [7, 11) is 0. The van der Waals surface area contributed by atoms with Gasteiger partial charge in [0.2, 0.25) is 5.95 Å². The van der Waals surface area contributed by atoms with Crippen molar-refractivity contribution in [3.63, 3.8) is 0 Å². The summed E-state index contributed by atoms with van der Waals surface area (Å²) in [5.74, 6) is 0.640. The summed E-state index contributed by atoms with van der Waals surface area (Å²) >= 11 is 1.42. The lowest BCUT2D eigenvalue weighted by Crippen LogP contribution is -2.05. The normalized spacial score (nSPS) is 11.0. The molecule has 0 atom stereocenters. The summed E-state index contributed by atoms with van der Waals surface area (Å²) in [6.45, 7) is 4.86. The van der Waals surface area contributed by atoms with Crippen LogP contribution in [0.5, 0.6) is 0 Å². The maximum atomic E-state index is 5.41. The summed E-state index contributed by atoms with van der Waals surface area (Å²) in [5, 5.41) is 5.68. The number of anilines is 1. The second-order valence-corrected chi connectivity index (χ2v) is 5.59. The zero-order chi connectivity index (χ0) is 14.7. The minimum atomic E-state index is 0.595. The van der Waals surface area contributed by atoms with E-state index in [9.17, 15) is 0 Å². The fourth-order valence-corrected chi connectivity index (χ4v) is 2.77. The lowest BCUT2D eigenvalue weighted by atomic mass is 10.2.